The van der Waals surface area contributed by atoms with Gasteiger partial charge in [-0.15, -0.1) is 0 Å². The zero-order valence-corrected chi connectivity index (χ0v) is 14.1. The van der Waals surface area contributed by atoms with E-state index >= 15 is 0 Å². The Kier molecular flexibility index (Phi) is 5.32. The molecule has 1 aromatic carbocycles. The zero-order chi connectivity index (χ0) is 17.8. The van der Waals surface area contributed by atoms with Gasteiger partial charge in [0.2, 0.25) is 0 Å². The fourth-order valence-corrected chi connectivity index (χ4v) is 2.85. The molecular formula is C17H20N2O6. The first kappa shape index (κ1) is 17.4. The molecule has 2 aliphatic rings. The number of carbonyl (C=O) groups is 2. The number of anilines is 1. The van der Waals surface area contributed by atoms with Crippen molar-refractivity contribution in [2.75, 3.05) is 39.6 Å². The second kappa shape index (κ2) is 7.64. The second-order valence-corrected chi connectivity index (χ2v) is 5.69. The van der Waals surface area contributed by atoms with Crippen molar-refractivity contribution in [3.63, 3.8) is 0 Å². The van der Waals surface area contributed by atoms with Gasteiger partial charge < -0.3 is 24.3 Å². The third-order valence-corrected chi connectivity index (χ3v) is 4.17. The van der Waals surface area contributed by atoms with Crippen LogP contribution < -0.4 is 5.32 Å². The van der Waals surface area contributed by atoms with Gasteiger partial charge in [-0.1, -0.05) is 12.1 Å². The highest BCUT2D eigenvalue weighted by Crippen LogP contribution is 2.34. The molecule has 0 saturated carbocycles. The standard InChI is InChI=1S/C17H20N2O6/c1-22-15(20)7-13(17(21)23-2)18-12-5-3-11(4-6-12)16-14-8-24-9-19(14)10-25-16/h3-7,14,16,18H,8-10H2,1-2H3/b13-7+. The average molecular weight is 348 g/mol. The lowest BCUT2D eigenvalue weighted by Gasteiger charge is -2.17. The average Bonchev–Trinajstić information content (AvgIpc) is 3.24. The third-order valence-electron chi connectivity index (χ3n) is 4.17. The topological polar surface area (TPSA) is 86.3 Å². The monoisotopic (exact) mass is 348 g/mol. The number of rotatable bonds is 5. The highest BCUT2D eigenvalue weighted by molar-refractivity contribution is 5.98. The van der Waals surface area contributed by atoms with Crippen LogP contribution in [-0.2, 0) is 28.5 Å². The van der Waals surface area contributed by atoms with E-state index in [1.54, 1.807) is 0 Å². The molecule has 0 amide bonds. The summed E-state index contributed by atoms with van der Waals surface area (Å²) in [5.41, 5.74) is 1.66. The summed E-state index contributed by atoms with van der Waals surface area (Å²) in [5.74, 6) is -1.31. The normalized spacial score (nSPS) is 23.2. The molecule has 25 heavy (non-hydrogen) atoms. The van der Waals surface area contributed by atoms with Gasteiger partial charge in [-0.3, -0.25) is 0 Å². The Bertz CT molecular complexity index is 672. The summed E-state index contributed by atoms with van der Waals surface area (Å²) < 4.78 is 20.5. The van der Waals surface area contributed by atoms with E-state index in [-0.39, 0.29) is 17.8 Å². The van der Waals surface area contributed by atoms with E-state index in [1.165, 1.54) is 14.2 Å². The molecule has 2 heterocycles. The summed E-state index contributed by atoms with van der Waals surface area (Å²) in [4.78, 5) is 25.3. The van der Waals surface area contributed by atoms with Crippen LogP contribution in [0.1, 0.15) is 11.7 Å². The quantitative estimate of drug-likeness (QED) is 0.623. The van der Waals surface area contributed by atoms with Crippen LogP contribution in [-0.4, -0.2) is 57.2 Å². The van der Waals surface area contributed by atoms with Crippen molar-refractivity contribution in [3.8, 4) is 0 Å². The highest BCUT2D eigenvalue weighted by atomic mass is 16.6. The van der Waals surface area contributed by atoms with Crippen LogP contribution in [0.2, 0.25) is 0 Å². The van der Waals surface area contributed by atoms with Gasteiger partial charge in [0.05, 0.1) is 32.9 Å². The van der Waals surface area contributed by atoms with Gasteiger partial charge in [-0.05, 0) is 17.7 Å². The lowest BCUT2D eigenvalue weighted by Crippen LogP contribution is -2.27. The van der Waals surface area contributed by atoms with Crippen molar-refractivity contribution in [1.82, 2.24) is 4.90 Å². The van der Waals surface area contributed by atoms with Crippen LogP contribution in [0.5, 0.6) is 0 Å². The predicted octanol–water partition coefficient (Wildman–Crippen LogP) is 1.02. The van der Waals surface area contributed by atoms with Crippen molar-refractivity contribution in [2.45, 2.75) is 12.1 Å². The Labute approximate surface area is 145 Å². The summed E-state index contributed by atoms with van der Waals surface area (Å²) in [5, 5.41) is 2.87. The van der Waals surface area contributed by atoms with Crippen molar-refractivity contribution in [3.05, 3.63) is 41.6 Å². The van der Waals surface area contributed by atoms with Gasteiger partial charge in [0.15, 0.2) is 0 Å². The molecule has 2 fully saturated rings. The number of nitrogens with zero attached hydrogens (tertiary/aromatic N) is 1. The number of nitrogens with one attached hydrogen (secondary N) is 1. The van der Waals surface area contributed by atoms with Crippen LogP contribution in [0.15, 0.2) is 36.0 Å². The Morgan fingerprint density at radius 1 is 1.20 bits per heavy atom. The molecule has 0 spiro atoms. The van der Waals surface area contributed by atoms with Crippen LogP contribution in [0.4, 0.5) is 5.69 Å². The summed E-state index contributed by atoms with van der Waals surface area (Å²) in [6.45, 7) is 1.81. The maximum absolute atomic E-state index is 11.8. The van der Waals surface area contributed by atoms with Crippen molar-refractivity contribution in [1.29, 1.82) is 0 Å². The molecule has 3 rings (SSSR count). The number of esters is 2. The predicted molar refractivity (Wildman–Crippen MR) is 87.3 cm³/mol. The maximum Gasteiger partial charge on any atom is 0.354 e. The SMILES string of the molecule is COC(=O)/C=C(/Nc1ccc(C2OCN3COCC23)cc1)C(=O)OC. The fourth-order valence-electron chi connectivity index (χ4n) is 2.85. The van der Waals surface area contributed by atoms with Gasteiger partial charge in [-0.2, -0.15) is 0 Å². The number of carbonyl (C=O) groups excluding carboxylic acids is 2. The number of benzene rings is 1. The molecular weight excluding hydrogens is 328 g/mol. The molecule has 2 aliphatic heterocycles. The largest absolute Gasteiger partial charge is 0.466 e. The van der Waals surface area contributed by atoms with E-state index in [0.717, 1.165) is 11.6 Å². The molecule has 8 nitrogen and oxygen atoms in total. The van der Waals surface area contributed by atoms with Crippen molar-refractivity contribution < 1.29 is 28.5 Å². The molecule has 8 heteroatoms. The van der Waals surface area contributed by atoms with Crippen LogP contribution in [0.25, 0.3) is 0 Å². The number of hydrogen-bond donors (Lipinski definition) is 1. The molecule has 1 N–H and O–H groups in total. The van der Waals surface area contributed by atoms with E-state index in [9.17, 15) is 9.59 Å². The summed E-state index contributed by atoms with van der Waals surface area (Å²) in [7, 11) is 2.48. The minimum Gasteiger partial charge on any atom is -0.466 e. The molecule has 2 atom stereocenters. The van der Waals surface area contributed by atoms with Crippen LogP contribution in [0, 0.1) is 0 Å². The van der Waals surface area contributed by atoms with Crippen molar-refractivity contribution >= 4 is 17.6 Å². The van der Waals surface area contributed by atoms with E-state index in [1.807, 2.05) is 24.3 Å². The Morgan fingerprint density at radius 3 is 2.64 bits per heavy atom. The van der Waals surface area contributed by atoms with Crippen LogP contribution >= 0.6 is 0 Å². The van der Waals surface area contributed by atoms with Crippen LogP contribution in [0.3, 0.4) is 0 Å². The second-order valence-electron chi connectivity index (χ2n) is 5.69. The van der Waals surface area contributed by atoms with Gasteiger partial charge >= 0.3 is 11.9 Å². The number of ether oxygens (including phenoxy) is 4. The first-order chi connectivity index (χ1) is 12.1. The Hall–Kier alpha value is -2.42. The number of hydrogen-bond acceptors (Lipinski definition) is 8. The zero-order valence-electron chi connectivity index (χ0n) is 14.1. The summed E-state index contributed by atoms with van der Waals surface area (Å²) >= 11 is 0. The summed E-state index contributed by atoms with van der Waals surface area (Å²) in [6.07, 6.45) is 1.01. The Balaban J connectivity index is 1.72. The molecule has 134 valence electrons. The smallest absolute Gasteiger partial charge is 0.354 e. The molecule has 0 aliphatic carbocycles. The van der Waals surface area contributed by atoms with E-state index in [2.05, 4.69) is 19.7 Å². The number of methoxy groups -OCH3 is 2. The minimum atomic E-state index is -0.660. The molecule has 1 aromatic rings. The molecule has 2 unspecified atom stereocenters. The van der Waals surface area contributed by atoms with Gasteiger partial charge in [0.25, 0.3) is 0 Å². The van der Waals surface area contributed by atoms with Gasteiger partial charge in [0.1, 0.15) is 25.3 Å². The summed E-state index contributed by atoms with van der Waals surface area (Å²) in [6, 6.07) is 7.68. The van der Waals surface area contributed by atoms with Crippen molar-refractivity contribution in [2.24, 2.45) is 0 Å². The lowest BCUT2D eigenvalue weighted by molar-refractivity contribution is -0.138. The fraction of sp³-hybridized carbons (Fsp3) is 0.412. The van der Waals surface area contributed by atoms with E-state index in [4.69, 9.17) is 9.47 Å². The lowest BCUT2D eigenvalue weighted by atomic mass is 10.0. The van der Waals surface area contributed by atoms with E-state index in [0.29, 0.717) is 25.8 Å². The molecule has 2 saturated heterocycles. The molecule has 0 radical (unpaired) electrons. The highest BCUT2D eigenvalue weighted by Gasteiger charge is 2.39. The molecule has 0 bridgehead atoms. The first-order valence-electron chi connectivity index (χ1n) is 7.80. The maximum atomic E-state index is 11.8. The Morgan fingerprint density at radius 2 is 1.96 bits per heavy atom. The third kappa shape index (κ3) is 3.81. The van der Waals surface area contributed by atoms with Gasteiger partial charge in [0, 0.05) is 5.69 Å². The van der Waals surface area contributed by atoms with Gasteiger partial charge in [-0.25, -0.2) is 14.5 Å². The number of fused-ring (bicyclic) bond motifs is 1. The minimum absolute atomic E-state index is 0.00501. The van der Waals surface area contributed by atoms with E-state index < -0.39 is 11.9 Å². The first-order valence-corrected chi connectivity index (χ1v) is 7.80. The molecule has 0 aromatic heterocycles.